The van der Waals surface area contributed by atoms with E-state index in [9.17, 15) is 8.78 Å². The highest BCUT2D eigenvalue weighted by atomic mass is 19.2. The fourth-order valence-electron chi connectivity index (χ4n) is 1.97. The van der Waals surface area contributed by atoms with Gasteiger partial charge in [0.25, 0.3) is 0 Å². The van der Waals surface area contributed by atoms with E-state index in [2.05, 4.69) is 10.3 Å². The number of rotatable bonds is 8. The van der Waals surface area contributed by atoms with Crippen LogP contribution in [0.3, 0.4) is 0 Å². The summed E-state index contributed by atoms with van der Waals surface area (Å²) in [5, 5.41) is 3.12. The van der Waals surface area contributed by atoms with Gasteiger partial charge >= 0.3 is 0 Å². The minimum Gasteiger partial charge on any atom is -0.382 e. The van der Waals surface area contributed by atoms with Gasteiger partial charge in [-0.05, 0) is 31.0 Å². The fraction of sp³-hybridized carbons (Fsp3) is 0.400. The van der Waals surface area contributed by atoms with Gasteiger partial charge < -0.3 is 14.6 Å². The molecule has 0 atom stereocenters. The van der Waals surface area contributed by atoms with Crippen molar-refractivity contribution in [2.45, 2.75) is 26.4 Å². The van der Waals surface area contributed by atoms with Crippen LogP contribution in [0, 0.1) is 11.6 Å². The van der Waals surface area contributed by atoms with Crippen molar-refractivity contribution in [3.63, 3.8) is 0 Å². The van der Waals surface area contributed by atoms with E-state index in [0.717, 1.165) is 19.0 Å². The lowest BCUT2D eigenvalue weighted by Crippen LogP contribution is -2.09. The maximum atomic E-state index is 13.1. The first-order valence-corrected chi connectivity index (χ1v) is 6.97. The van der Waals surface area contributed by atoms with Crippen LogP contribution in [-0.4, -0.2) is 22.8 Å². The molecule has 6 heteroatoms. The summed E-state index contributed by atoms with van der Waals surface area (Å²) in [4.78, 5) is 4.21. The first kappa shape index (κ1) is 15.4. The highest BCUT2D eigenvalue weighted by Crippen LogP contribution is 2.11. The van der Waals surface area contributed by atoms with Crippen molar-refractivity contribution in [1.82, 2.24) is 9.55 Å². The fourth-order valence-corrected chi connectivity index (χ4v) is 1.97. The third kappa shape index (κ3) is 4.53. The number of nitrogens with one attached hydrogen (secondary N) is 1. The van der Waals surface area contributed by atoms with E-state index in [4.69, 9.17) is 4.74 Å². The molecule has 0 fully saturated rings. The molecule has 1 N–H and O–H groups in total. The number of imidazole rings is 1. The van der Waals surface area contributed by atoms with Gasteiger partial charge in [0.2, 0.25) is 5.95 Å². The number of halogens is 2. The number of nitrogens with zero attached hydrogens (tertiary/aromatic N) is 2. The summed E-state index contributed by atoms with van der Waals surface area (Å²) < 4.78 is 33.2. The van der Waals surface area contributed by atoms with Gasteiger partial charge in [0.1, 0.15) is 0 Å². The van der Waals surface area contributed by atoms with Crippen molar-refractivity contribution in [3.8, 4) is 0 Å². The molecule has 0 spiro atoms. The van der Waals surface area contributed by atoms with Crippen LogP contribution in [0.2, 0.25) is 0 Å². The second kappa shape index (κ2) is 7.73. The molecule has 0 saturated carbocycles. The van der Waals surface area contributed by atoms with E-state index < -0.39 is 11.6 Å². The maximum absolute atomic E-state index is 13.1. The van der Waals surface area contributed by atoms with E-state index in [1.807, 2.05) is 17.7 Å². The third-order valence-corrected chi connectivity index (χ3v) is 3.04. The summed E-state index contributed by atoms with van der Waals surface area (Å²) in [5.74, 6) is -0.971. The minimum atomic E-state index is -0.839. The lowest BCUT2D eigenvalue weighted by molar-refractivity contribution is 0.142. The topological polar surface area (TPSA) is 39.1 Å². The molecular formula is C15H19F2N3O. The quantitative estimate of drug-likeness (QED) is 0.760. The van der Waals surface area contributed by atoms with E-state index in [1.54, 1.807) is 12.3 Å². The highest BCUT2D eigenvalue weighted by Gasteiger charge is 2.05. The van der Waals surface area contributed by atoms with Gasteiger partial charge in [-0.1, -0.05) is 6.07 Å². The van der Waals surface area contributed by atoms with E-state index in [0.29, 0.717) is 31.3 Å². The molecule has 1 heterocycles. The molecule has 2 rings (SSSR count). The molecule has 0 radical (unpaired) electrons. The SMILES string of the molecule is CCOCCCn1ccnc1NCc1ccc(F)c(F)c1. The van der Waals surface area contributed by atoms with Crippen LogP contribution < -0.4 is 5.32 Å². The Morgan fingerprint density at radius 3 is 2.90 bits per heavy atom. The van der Waals surface area contributed by atoms with E-state index in [-0.39, 0.29) is 0 Å². The van der Waals surface area contributed by atoms with Crippen LogP contribution in [0.1, 0.15) is 18.9 Å². The summed E-state index contributed by atoms with van der Waals surface area (Å²) in [6, 6.07) is 3.86. The van der Waals surface area contributed by atoms with Crippen LogP contribution in [0.4, 0.5) is 14.7 Å². The molecule has 0 aliphatic rings. The van der Waals surface area contributed by atoms with Gasteiger partial charge in [-0.15, -0.1) is 0 Å². The third-order valence-electron chi connectivity index (χ3n) is 3.04. The van der Waals surface area contributed by atoms with Crippen molar-refractivity contribution >= 4 is 5.95 Å². The number of ether oxygens (including phenoxy) is 1. The average molecular weight is 295 g/mol. The Morgan fingerprint density at radius 1 is 1.29 bits per heavy atom. The second-order valence-corrected chi connectivity index (χ2v) is 4.60. The summed E-state index contributed by atoms with van der Waals surface area (Å²) in [6.07, 6.45) is 4.47. The van der Waals surface area contributed by atoms with E-state index >= 15 is 0 Å². The van der Waals surface area contributed by atoms with Gasteiger partial charge in [-0.25, -0.2) is 13.8 Å². The van der Waals surface area contributed by atoms with Gasteiger partial charge in [0.05, 0.1) is 0 Å². The molecule has 0 bridgehead atoms. The molecule has 0 aliphatic heterocycles. The maximum Gasteiger partial charge on any atom is 0.203 e. The van der Waals surface area contributed by atoms with Gasteiger partial charge in [0, 0.05) is 38.7 Å². The Hall–Kier alpha value is -1.95. The molecule has 2 aromatic rings. The minimum absolute atomic E-state index is 0.389. The summed E-state index contributed by atoms with van der Waals surface area (Å²) in [6.45, 7) is 4.56. The lowest BCUT2D eigenvalue weighted by atomic mass is 10.2. The first-order chi connectivity index (χ1) is 10.2. The van der Waals surface area contributed by atoms with Crippen LogP contribution in [0.15, 0.2) is 30.6 Å². The Bertz CT molecular complexity index is 572. The van der Waals surface area contributed by atoms with E-state index in [1.165, 1.54) is 6.07 Å². The van der Waals surface area contributed by atoms with Crippen LogP contribution >= 0.6 is 0 Å². The first-order valence-electron chi connectivity index (χ1n) is 6.97. The predicted molar refractivity (Wildman–Crippen MR) is 77.0 cm³/mol. The molecule has 1 aromatic carbocycles. The van der Waals surface area contributed by atoms with Gasteiger partial charge in [-0.3, -0.25) is 0 Å². The Kier molecular flexibility index (Phi) is 5.68. The van der Waals surface area contributed by atoms with Crippen molar-refractivity contribution < 1.29 is 13.5 Å². The number of hydrogen-bond donors (Lipinski definition) is 1. The molecule has 4 nitrogen and oxygen atoms in total. The van der Waals surface area contributed by atoms with Crippen molar-refractivity contribution in [1.29, 1.82) is 0 Å². The summed E-state index contributed by atoms with van der Waals surface area (Å²) in [7, 11) is 0. The van der Waals surface area contributed by atoms with Crippen molar-refractivity contribution in [3.05, 3.63) is 47.8 Å². The normalized spacial score (nSPS) is 10.8. The molecular weight excluding hydrogens is 276 g/mol. The highest BCUT2D eigenvalue weighted by molar-refractivity contribution is 5.29. The van der Waals surface area contributed by atoms with Crippen LogP contribution in [0.25, 0.3) is 0 Å². The summed E-state index contributed by atoms with van der Waals surface area (Å²) >= 11 is 0. The molecule has 0 unspecified atom stereocenters. The Morgan fingerprint density at radius 2 is 2.14 bits per heavy atom. The number of benzene rings is 1. The largest absolute Gasteiger partial charge is 0.382 e. The molecule has 0 amide bonds. The van der Waals surface area contributed by atoms with Crippen LogP contribution in [-0.2, 0) is 17.8 Å². The van der Waals surface area contributed by atoms with Crippen LogP contribution in [0.5, 0.6) is 0 Å². The average Bonchev–Trinajstić information content (AvgIpc) is 2.92. The standard InChI is InChI=1S/C15H19F2N3O/c1-2-21-9-3-7-20-8-6-18-15(20)19-11-12-4-5-13(16)14(17)10-12/h4-6,8,10H,2-3,7,9,11H2,1H3,(H,18,19). The number of anilines is 1. The summed E-state index contributed by atoms with van der Waals surface area (Å²) in [5.41, 5.74) is 0.665. The molecule has 0 saturated heterocycles. The second-order valence-electron chi connectivity index (χ2n) is 4.60. The van der Waals surface area contributed by atoms with Crippen molar-refractivity contribution in [2.75, 3.05) is 18.5 Å². The smallest absolute Gasteiger partial charge is 0.203 e. The number of aryl methyl sites for hydroxylation is 1. The monoisotopic (exact) mass is 295 g/mol. The zero-order valence-electron chi connectivity index (χ0n) is 12.0. The zero-order valence-corrected chi connectivity index (χ0v) is 12.0. The molecule has 0 aliphatic carbocycles. The lowest BCUT2D eigenvalue weighted by Gasteiger charge is -2.10. The zero-order chi connectivity index (χ0) is 15.1. The molecule has 1 aromatic heterocycles. The Labute approximate surface area is 122 Å². The number of aromatic nitrogens is 2. The van der Waals surface area contributed by atoms with Crippen molar-refractivity contribution in [2.24, 2.45) is 0 Å². The molecule has 114 valence electrons. The predicted octanol–water partition coefficient (Wildman–Crippen LogP) is 3.20. The van der Waals surface area contributed by atoms with Gasteiger partial charge in [0.15, 0.2) is 11.6 Å². The van der Waals surface area contributed by atoms with Gasteiger partial charge in [-0.2, -0.15) is 0 Å². The number of hydrogen-bond acceptors (Lipinski definition) is 3. The molecule has 21 heavy (non-hydrogen) atoms. The Balaban J connectivity index is 1.88.